The highest BCUT2D eigenvalue weighted by Gasteiger charge is 2.22. The van der Waals surface area contributed by atoms with Gasteiger partial charge in [-0.3, -0.25) is 4.90 Å². The summed E-state index contributed by atoms with van der Waals surface area (Å²) < 4.78 is 17.2. The molecule has 2 heterocycles. The second kappa shape index (κ2) is 7.68. The molecule has 0 amide bonds. The van der Waals surface area contributed by atoms with E-state index in [4.69, 9.17) is 24.6 Å². The van der Waals surface area contributed by atoms with Crippen molar-refractivity contribution < 1.29 is 13.9 Å². The first-order chi connectivity index (χ1) is 13.2. The van der Waals surface area contributed by atoms with Gasteiger partial charge in [0, 0.05) is 37.1 Å². The van der Waals surface area contributed by atoms with Crippen LogP contribution in [0.3, 0.4) is 0 Å². The lowest BCUT2D eigenvalue weighted by Gasteiger charge is -2.31. The first-order valence-electron chi connectivity index (χ1n) is 9.26. The molecular formula is C21H25N3O3. The third kappa shape index (κ3) is 3.56. The van der Waals surface area contributed by atoms with Gasteiger partial charge in [0.1, 0.15) is 11.5 Å². The molecule has 1 aromatic heterocycles. The molecule has 0 bridgehead atoms. The number of aromatic nitrogens is 1. The van der Waals surface area contributed by atoms with E-state index in [1.54, 1.807) is 7.11 Å². The Morgan fingerprint density at radius 3 is 2.81 bits per heavy atom. The summed E-state index contributed by atoms with van der Waals surface area (Å²) in [6.45, 7) is 5.65. The standard InChI is InChI=1S/C21H25N3O3/c1-14-19(13-24-9-10-26-15(11-22)12-24)23-21(27-14)18-7-8-20(25-2)17-6-4-3-5-16(17)18/h3-8,15H,9-13,22H2,1-2H3. The largest absolute Gasteiger partial charge is 0.496 e. The normalized spacial score (nSPS) is 18.1. The van der Waals surface area contributed by atoms with Gasteiger partial charge in [-0.1, -0.05) is 24.3 Å². The Balaban J connectivity index is 1.65. The molecular weight excluding hydrogens is 342 g/mol. The summed E-state index contributed by atoms with van der Waals surface area (Å²) in [4.78, 5) is 7.13. The number of hydrogen-bond acceptors (Lipinski definition) is 6. The van der Waals surface area contributed by atoms with E-state index in [2.05, 4.69) is 17.0 Å². The summed E-state index contributed by atoms with van der Waals surface area (Å²) in [5.74, 6) is 2.34. The highest BCUT2D eigenvalue weighted by Crippen LogP contribution is 2.34. The average Bonchev–Trinajstić information content (AvgIpc) is 3.07. The fourth-order valence-corrected chi connectivity index (χ4v) is 3.60. The molecule has 27 heavy (non-hydrogen) atoms. The van der Waals surface area contributed by atoms with Crippen molar-refractivity contribution in [2.45, 2.75) is 19.6 Å². The number of oxazole rings is 1. The van der Waals surface area contributed by atoms with Gasteiger partial charge >= 0.3 is 0 Å². The van der Waals surface area contributed by atoms with E-state index in [0.29, 0.717) is 19.0 Å². The number of morpholine rings is 1. The third-order valence-electron chi connectivity index (χ3n) is 5.09. The van der Waals surface area contributed by atoms with Gasteiger partial charge in [-0.15, -0.1) is 0 Å². The fraction of sp³-hybridized carbons (Fsp3) is 0.381. The molecule has 1 atom stereocenters. The summed E-state index contributed by atoms with van der Waals surface area (Å²) >= 11 is 0. The van der Waals surface area contributed by atoms with Gasteiger partial charge in [-0.2, -0.15) is 0 Å². The highest BCUT2D eigenvalue weighted by atomic mass is 16.5. The SMILES string of the molecule is COc1ccc(-c2nc(CN3CCOC(CN)C3)c(C)o2)c2ccccc12. The van der Waals surface area contributed by atoms with Gasteiger partial charge in [0.2, 0.25) is 5.89 Å². The smallest absolute Gasteiger partial charge is 0.227 e. The molecule has 1 fully saturated rings. The number of benzene rings is 2. The van der Waals surface area contributed by atoms with Gasteiger partial charge in [0.05, 0.1) is 25.5 Å². The lowest BCUT2D eigenvalue weighted by atomic mass is 10.0. The maximum atomic E-state index is 6.04. The molecule has 4 rings (SSSR count). The maximum absolute atomic E-state index is 6.04. The number of ether oxygens (including phenoxy) is 2. The van der Waals surface area contributed by atoms with Crippen LogP contribution in [0.15, 0.2) is 40.8 Å². The van der Waals surface area contributed by atoms with Crippen molar-refractivity contribution in [2.75, 3.05) is 33.4 Å². The number of nitrogens with zero attached hydrogens (tertiary/aromatic N) is 2. The van der Waals surface area contributed by atoms with Gasteiger partial charge in [-0.25, -0.2) is 4.98 Å². The number of aryl methyl sites for hydroxylation is 1. The summed E-state index contributed by atoms with van der Waals surface area (Å²) in [7, 11) is 1.69. The molecule has 1 unspecified atom stereocenters. The molecule has 1 aliphatic rings. The topological polar surface area (TPSA) is 73.8 Å². The van der Waals surface area contributed by atoms with E-state index in [1.165, 1.54) is 0 Å². The van der Waals surface area contributed by atoms with E-state index in [9.17, 15) is 0 Å². The van der Waals surface area contributed by atoms with Crippen molar-refractivity contribution in [1.82, 2.24) is 9.88 Å². The lowest BCUT2D eigenvalue weighted by Crippen LogP contribution is -2.45. The van der Waals surface area contributed by atoms with E-state index in [1.807, 2.05) is 31.2 Å². The average molecular weight is 367 g/mol. The Morgan fingerprint density at radius 2 is 2.04 bits per heavy atom. The number of hydrogen-bond donors (Lipinski definition) is 1. The molecule has 0 spiro atoms. The van der Waals surface area contributed by atoms with Crippen LogP contribution in [0.25, 0.3) is 22.2 Å². The predicted octanol–water partition coefficient (Wildman–Crippen LogP) is 2.97. The minimum Gasteiger partial charge on any atom is -0.496 e. The van der Waals surface area contributed by atoms with Crippen LogP contribution in [-0.4, -0.2) is 49.3 Å². The molecule has 6 nitrogen and oxygen atoms in total. The number of methoxy groups -OCH3 is 1. The first-order valence-corrected chi connectivity index (χ1v) is 9.26. The van der Waals surface area contributed by atoms with Crippen molar-refractivity contribution in [3.8, 4) is 17.2 Å². The van der Waals surface area contributed by atoms with Crippen molar-refractivity contribution >= 4 is 10.8 Å². The summed E-state index contributed by atoms with van der Waals surface area (Å²) in [5.41, 5.74) is 7.68. The molecule has 142 valence electrons. The molecule has 1 saturated heterocycles. The molecule has 3 aromatic rings. The van der Waals surface area contributed by atoms with Crippen LogP contribution in [0, 0.1) is 6.92 Å². The zero-order chi connectivity index (χ0) is 18.8. The van der Waals surface area contributed by atoms with E-state index >= 15 is 0 Å². The van der Waals surface area contributed by atoms with Crippen LogP contribution in [-0.2, 0) is 11.3 Å². The van der Waals surface area contributed by atoms with E-state index in [-0.39, 0.29) is 6.10 Å². The molecule has 2 N–H and O–H groups in total. The highest BCUT2D eigenvalue weighted by molar-refractivity contribution is 5.98. The van der Waals surface area contributed by atoms with Crippen LogP contribution in [0.2, 0.25) is 0 Å². The Labute approximate surface area is 158 Å². The second-order valence-electron chi connectivity index (χ2n) is 6.85. The fourth-order valence-electron chi connectivity index (χ4n) is 3.60. The number of rotatable bonds is 5. The van der Waals surface area contributed by atoms with Gasteiger partial charge in [-0.05, 0) is 24.4 Å². The molecule has 1 aliphatic heterocycles. The Bertz CT molecular complexity index is 938. The van der Waals surface area contributed by atoms with Gasteiger partial charge in [0.15, 0.2) is 0 Å². The Kier molecular flexibility index (Phi) is 5.11. The maximum Gasteiger partial charge on any atom is 0.227 e. The molecule has 0 saturated carbocycles. The van der Waals surface area contributed by atoms with Crippen LogP contribution in [0.4, 0.5) is 0 Å². The summed E-state index contributed by atoms with van der Waals surface area (Å²) in [6.07, 6.45) is 0.0935. The van der Waals surface area contributed by atoms with Crippen molar-refractivity contribution in [1.29, 1.82) is 0 Å². The molecule has 0 radical (unpaired) electrons. The van der Waals surface area contributed by atoms with E-state index in [0.717, 1.165) is 53.2 Å². The van der Waals surface area contributed by atoms with Gasteiger partial charge < -0.3 is 19.6 Å². The van der Waals surface area contributed by atoms with Crippen LogP contribution >= 0.6 is 0 Å². The summed E-state index contributed by atoms with van der Waals surface area (Å²) in [5, 5.41) is 2.12. The third-order valence-corrected chi connectivity index (χ3v) is 5.09. The summed E-state index contributed by atoms with van der Waals surface area (Å²) in [6, 6.07) is 12.1. The Morgan fingerprint density at radius 1 is 1.22 bits per heavy atom. The predicted molar refractivity (Wildman–Crippen MR) is 105 cm³/mol. The minimum absolute atomic E-state index is 0.0935. The minimum atomic E-state index is 0.0935. The van der Waals surface area contributed by atoms with Crippen LogP contribution < -0.4 is 10.5 Å². The van der Waals surface area contributed by atoms with Gasteiger partial charge in [0.25, 0.3) is 0 Å². The molecule has 6 heteroatoms. The monoisotopic (exact) mass is 367 g/mol. The van der Waals surface area contributed by atoms with Crippen molar-refractivity contribution in [2.24, 2.45) is 5.73 Å². The van der Waals surface area contributed by atoms with E-state index < -0.39 is 0 Å². The second-order valence-corrected chi connectivity index (χ2v) is 6.85. The molecule has 2 aromatic carbocycles. The molecule has 0 aliphatic carbocycles. The zero-order valence-corrected chi connectivity index (χ0v) is 15.8. The Hall–Kier alpha value is -2.41. The van der Waals surface area contributed by atoms with Crippen LogP contribution in [0.5, 0.6) is 5.75 Å². The number of nitrogens with two attached hydrogens (primary N) is 1. The number of fused-ring (bicyclic) bond motifs is 1. The van der Waals surface area contributed by atoms with Crippen molar-refractivity contribution in [3.63, 3.8) is 0 Å². The van der Waals surface area contributed by atoms with Crippen LogP contribution in [0.1, 0.15) is 11.5 Å². The zero-order valence-electron chi connectivity index (χ0n) is 15.8. The van der Waals surface area contributed by atoms with Crippen molar-refractivity contribution in [3.05, 3.63) is 47.9 Å². The first kappa shape index (κ1) is 18.0. The quantitative estimate of drug-likeness (QED) is 0.747. The lowest BCUT2D eigenvalue weighted by molar-refractivity contribution is -0.0264.